The summed E-state index contributed by atoms with van der Waals surface area (Å²) in [6, 6.07) is 15.9. The highest BCUT2D eigenvalue weighted by atomic mass is 35.5. The van der Waals surface area contributed by atoms with E-state index in [-0.39, 0.29) is 12.1 Å². The van der Waals surface area contributed by atoms with Crippen LogP contribution in [0.1, 0.15) is 31.2 Å². The summed E-state index contributed by atoms with van der Waals surface area (Å²) in [5.41, 5.74) is 2.97. The van der Waals surface area contributed by atoms with Gasteiger partial charge < -0.3 is 20.9 Å². The lowest BCUT2D eigenvalue weighted by molar-refractivity contribution is 0.231. The van der Waals surface area contributed by atoms with Crippen molar-refractivity contribution in [1.29, 1.82) is 0 Å². The van der Waals surface area contributed by atoms with Crippen LogP contribution in [0.5, 0.6) is 0 Å². The summed E-state index contributed by atoms with van der Waals surface area (Å²) in [6.07, 6.45) is 3.78. The molecule has 174 valence electrons. The Bertz CT molecular complexity index is 1130. The van der Waals surface area contributed by atoms with E-state index in [9.17, 15) is 4.79 Å². The fourth-order valence-electron chi connectivity index (χ4n) is 4.27. The van der Waals surface area contributed by atoms with Crippen LogP contribution >= 0.6 is 23.2 Å². The third kappa shape index (κ3) is 6.01. The molecular formula is C25H29Cl2N5O. The van der Waals surface area contributed by atoms with Crippen molar-refractivity contribution >= 4 is 51.6 Å². The monoisotopic (exact) mass is 485 g/mol. The molecule has 0 atom stereocenters. The van der Waals surface area contributed by atoms with Gasteiger partial charge in [0.15, 0.2) is 0 Å². The van der Waals surface area contributed by atoms with Crippen LogP contribution in [0.15, 0.2) is 48.5 Å². The number of nitrogens with one attached hydrogen (secondary N) is 3. The lowest BCUT2D eigenvalue weighted by Crippen LogP contribution is -2.44. The molecule has 1 fully saturated rings. The summed E-state index contributed by atoms with van der Waals surface area (Å²) in [7, 11) is 4.10. The highest BCUT2D eigenvalue weighted by molar-refractivity contribution is 6.35. The van der Waals surface area contributed by atoms with Crippen LogP contribution < -0.4 is 20.9 Å². The summed E-state index contributed by atoms with van der Waals surface area (Å²) < 4.78 is 0. The zero-order valence-electron chi connectivity index (χ0n) is 18.9. The smallest absolute Gasteiger partial charge is 0.315 e. The van der Waals surface area contributed by atoms with Crippen LogP contribution in [-0.4, -0.2) is 37.2 Å². The van der Waals surface area contributed by atoms with E-state index in [0.29, 0.717) is 22.6 Å². The molecule has 6 nitrogen and oxygen atoms in total. The number of carbonyl (C=O) groups excluding carboxylic acids is 1. The zero-order chi connectivity index (χ0) is 23.4. The molecule has 1 aliphatic carbocycles. The second-order valence-corrected chi connectivity index (χ2v) is 9.54. The zero-order valence-corrected chi connectivity index (χ0v) is 20.4. The van der Waals surface area contributed by atoms with E-state index < -0.39 is 0 Å². The Hall–Kier alpha value is -2.70. The first-order valence-electron chi connectivity index (χ1n) is 11.2. The number of halogens is 2. The number of urea groups is 1. The molecule has 0 saturated heterocycles. The van der Waals surface area contributed by atoms with Gasteiger partial charge in [-0.2, -0.15) is 0 Å². The second kappa shape index (κ2) is 10.5. The maximum Gasteiger partial charge on any atom is 0.315 e. The summed E-state index contributed by atoms with van der Waals surface area (Å²) in [4.78, 5) is 19.3. The third-order valence-electron chi connectivity index (χ3n) is 6.05. The van der Waals surface area contributed by atoms with E-state index in [2.05, 4.69) is 33.0 Å². The van der Waals surface area contributed by atoms with Gasteiger partial charge in [0.25, 0.3) is 0 Å². The Labute approximate surface area is 204 Å². The molecule has 4 rings (SSSR count). The molecule has 3 N–H and O–H groups in total. The first kappa shape index (κ1) is 23.5. The molecule has 0 unspecified atom stereocenters. The Balaban J connectivity index is 1.28. The summed E-state index contributed by atoms with van der Waals surface area (Å²) >= 11 is 12.1. The molecule has 0 aliphatic heterocycles. The number of hydrogen-bond acceptors (Lipinski definition) is 4. The number of fused-ring (bicyclic) bond motifs is 1. The average molecular weight is 486 g/mol. The van der Waals surface area contributed by atoms with Gasteiger partial charge in [0.05, 0.1) is 5.52 Å². The normalized spacial score (nSPS) is 18.1. The van der Waals surface area contributed by atoms with Crippen molar-refractivity contribution in [3.05, 3.63) is 64.1 Å². The maximum absolute atomic E-state index is 12.3. The van der Waals surface area contributed by atoms with E-state index in [1.54, 1.807) is 12.1 Å². The Morgan fingerprint density at radius 2 is 1.76 bits per heavy atom. The van der Waals surface area contributed by atoms with Crippen molar-refractivity contribution in [1.82, 2.24) is 15.6 Å². The third-order valence-corrected chi connectivity index (χ3v) is 6.63. The summed E-state index contributed by atoms with van der Waals surface area (Å²) in [5.74, 6) is 0.895. The van der Waals surface area contributed by atoms with Gasteiger partial charge in [-0.1, -0.05) is 47.5 Å². The largest absolute Gasteiger partial charge is 0.377 e. The molecule has 0 spiro atoms. The van der Waals surface area contributed by atoms with Crippen LogP contribution in [0.4, 0.5) is 16.3 Å². The highest BCUT2D eigenvalue weighted by Crippen LogP contribution is 2.29. The molecule has 8 heteroatoms. The number of amides is 2. The number of carbonyl (C=O) groups is 1. The molecule has 0 bridgehead atoms. The molecule has 1 aliphatic rings. The van der Waals surface area contributed by atoms with Crippen LogP contribution in [0.25, 0.3) is 10.9 Å². The van der Waals surface area contributed by atoms with E-state index in [4.69, 9.17) is 28.2 Å². The first-order chi connectivity index (χ1) is 15.9. The maximum atomic E-state index is 12.3. The van der Waals surface area contributed by atoms with Gasteiger partial charge >= 0.3 is 6.03 Å². The van der Waals surface area contributed by atoms with E-state index >= 15 is 0 Å². The first-order valence-corrected chi connectivity index (χ1v) is 12.0. The van der Waals surface area contributed by atoms with Crippen molar-refractivity contribution in [3.63, 3.8) is 0 Å². The molecular weight excluding hydrogens is 457 g/mol. The average Bonchev–Trinajstić information content (AvgIpc) is 2.79. The van der Waals surface area contributed by atoms with E-state index in [1.165, 1.54) is 0 Å². The molecule has 2 amide bonds. The second-order valence-electron chi connectivity index (χ2n) is 8.69. The molecule has 1 saturated carbocycles. The van der Waals surface area contributed by atoms with Gasteiger partial charge in [0.2, 0.25) is 0 Å². The number of pyridine rings is 1. The summed E-state index contributed by atoms with van der Waals surface area (Å²) in [6.45, 7) is 0.362. The minimum Gasteiger partial charge on any atom is -0.377 e. The number of benzene rings is 2. The molecule has 1 aromatic heterocycles. The minimum atomic E-state index is -0.177. The Morgan fingerprint density at radius 1 is 1.03 bits per heavy atom. The van der Waals surface area contributed by atoms with Gasteiger partial charge in [-0.05, 0) is 49.4 Å². The van der Waals surface area contributed by atoms with Gasteiger partial charge in [-0.15, -0.1) is 0 Å². The van der Waals surface area contributed by atoms with Crippen LogP contribution in [-0.2, 0) is 6.54 Å². The van der Waals surface area contributed by atoms with Crippen molar-refractivity contribution in [2.75, 3.05) is 24.3 Å². The standard InChI is InChI=1S/C25H29Cl2N5O/c1-32(2)23-14-24(31-22-6-4-3-5-20(22)23)29-18-9-11-19(12-10-18)30-25(33)28-15-16-7-8-17(26)13-21(16)27/h3-8,13-14,18-19H,9-12,15H2,1-2H3,(H,29,31)(H2,28,30,33). The quantitative estimate of drug-likeness (QED) is 0.410. The van der Waals surface area contributed by atoms with E-state index in [0.717, 1.165) is 53.7 Å². The molecule has 0 radical (unpaired) electrons. The minimum absolute atomic E-state index is 0.158. The van der Waals surface area contributed by atoms with Crippen LogP contribution in [0.3, 0.4) is 0 Å². The molecule has 33 heavy (non-hydrogen) atoms. The van der Waals surface area contributed by atoms with Gasteiger partial charge in [-0.25, -0.2) is 9.78 Å². The number of anilines is 2. The van der Waals surface area contributed by atoms with Gasteiger partial charge in [0.1, 0.15) is 5.82 Å². The number of aromatic nitrogens is 1. The van der Waals surface area contributed by atoms with Gasteiger partial charge in [0, 0.05) is 59.9 Å². The van der Waals surface area contributed by atoms with Crippen molar-refractivity contribution in [2.24, 2.45) is 0 Å². The fourth-order valence-corrected chi connectivity index (χ4v) is 4.74. The fraction of sp³-hybridized carbons (Fsp3) is 0.360. The number of hydrogen-bond donors (Lipinski definition) is 3. The van der Waals surface area contributed by atoms with Crippen molar-refractivity contribution < 1.29 is 4.79 Å². The SMILES string of the molecule is CN(C)c1cc(NC2CCC(NC(=O)NCc3ccc(Cl)cc3Cl)CC2)nc2ccccc12. The number of nitrogens with zero attached hydrogens (tertiary/aromatic N) is 2. The molecule has 1 heterocycles. The summed E-state index contributed by atoms with van der Waals surface area (Å²) in [5, 5.41) is 11.8. The topological polar surface area (TPSA) is 69.3 Å². The predicted molar refractivity (Wildman–Crippen MR) is 138 cm³/mol. The van der Waals surface area contributed by atoms with Crippen molar-refractivity contribution in [2.45, 2.75) is 44.3 Å². The van der Waals surface area contributed by atoms with Crippen molar-refractivity contribution in [3.8, 4) is 0 Å². The number of para-hydroxylation sites is 1. The highest BCUT2D eigenvalue weighted by Gasteiger charge is 2.23. The number of rotatable bonds is 6. The Morgan fingerprint density at radius 3 is 2.48 bits per heavy atom. The van der Waals surface area contributed by atoms with Crippen LogP contribution in [0.2, 0.25) is 10.0 Å². The predicted octanol–water partition coefficient (Wildman–Crippen LogP) is 5.83. The van der Waals surface area contributed by atoms with E-state index in [1.807, 2.05) is 38.4 Å². The molecule has 3 aromatic rings. The lowest BCUT2D eigenvalue weighted by Gasteiger charge is -2.30. The Kier molecular flexibility index (Phi) is 7.46. The van der Waals surface area contributed by atoms with Gasteiger partial charge in [-0.3, -0.25) is 0 Å². The lowest BCUT2D eigenvalue weighted by atomic mass is 9.91. The molecule has 2 aromatic carbocycles. The van der Waals surface area contributed by atoms with Crippen LogP contribution in [0, 0.1) is 0 Å².